The molecule has 2 aliphatic carbocycles. The molecule has 0 bridgehead atoms. The third kappa shape index (κ3) is 3.89. The van der Waals surface area contributed by atoms with Crippen LogP contribution in [0.25, 0.3) is 5.57 Å². The van der Waals surface area contributed by atoms with Crippen molar-refractivity contribution >= 4 is 17.4 Å². The predicted octanol–water partition coefficient (Wildman–Crippen LogP) is 6.62. The quantitative estimate of drug-likeness (QED) is 0.493. The van der Waals surface area contributed by atoms with Gasteiger partial charge in [0, 0.05) is 23.9 Å². The van der Waals surface area contributed by atoms with Crippen LogP contribution < -0.4 is 0 Å². The molecule has 2 aromatic rings. The van der Waals surface area contributed by atoms with E-state index in [-0.39, 0.29) is 28.1 Å². The van der Waals surface area contributed by atoms with Crippen LogP contribution in [-0.4, -0.2) is 35.0 Å². The number of allylic oxidation sites excluding steroid dienone is 2. The number of aromatic carboxylic acids is 1. The van der Waals surface area contributed by atoms with Crippen LogP contribution in [0, 0.1) is 16.6 Å². The lowest BCUT2D eigenvalue weighted by Gasteiger charge is -2.51. The number of rotatable bonds is 4. The van der Waals surface area contributed by atoms with Gasteiger partial charge in [0.15, 0.2) is 0 Å². The van der Waals surface area contributed by atoms with Crippen LogP contribution in [0.2, 0.25) is 0 Å². The molecule has 4 nitrogen and oxygen atoms in total. The van der Waals surface area contributed by atoms with E-state index >= 15 is 0 Å². The first-order valence-electron chi connectivity index (χ1n) is 12.9. The van der Waals surface area contributed by atoms with E-state index < -0.39 is 11.4 Å². The number of nitrogens with zero attached hydrogens (tertiary/aromatic N) is 1. The number of fused-ring (bicyclic) bond motifs is 1. The largest absolute Gasteiger partial charge is 0.478 e. The van der Waals surface area contributed by atoms with Crippen LogP contribution in [0.3, 0.4) is 0 Å². The van der Waals surface area contributed by atoms with E-state index in [2.05, 4.69) is 32.9 Å². The summed E-state index contributed by atoms with van der Waals surface area (Å²) in [5.41, 5.74) is 3.55. The number of carbonyl (C=O) groups is 2. The first-order chi connectivity index (χ1) is 17.1. The molecule has 0 saturated heterocycles. The van der Waals surface area contributed by atoms with Gasteiger partial charge < -0.3 is 10.0 Å². The van der Waals surface area contributed by atoms with Crippen molar-refractivity contribution in [2.75, 3.05) is 13.1 Å². The van der Waals surface area contributed by atoms with Gasteiger partial charge in [0.1, 0.15) is 5.82 Å². The summed E-state index contributed by atoms with van der Waals surface area (Å²) in [6, 6.07) is 13.7. The molecule has 5 heteroatoms. The Bertz CT molecular complexity index is 1270. The second-order valence-corrected chi connectivity index (χ2v) is 11.5. The Morgan fingerprint density at radius 2 is 1.67 bits per heavy atom. The van der Waals surface area contributed by atoms with Gasteiger partial charge in [-0.15, -0.1) is 0 Å². The molecule has 1 aliphatic heterocycles. The molecule has 1 atom stereocenters. The monoisotopic (exact) mass is 487 g/mol. The summed E-state index contributed by atoms with van der Waals surface area (Å²) in [7, 11) is 0. The average Bonchev–Trinajstić information content (AvgIpc) is 3.34. The zero-order chi connectivity index (χ0) is 25.7. The van der Waals surface area contributed by atoms with Crippen LogP contribution >= 0.6 is 0 Å². The van der Waals surface area contributed by atoms with Gasteiger partial charge in [-0.1, -0.05) is 75.6 Å². The molecule has 3 aliphatic rings. The van der Waals surface area contributed by atoms with Gasteiger partial charge in [0.25, 0.3) is 0 Å². The van der Waals surface area contributed by atoms with Crippen LogP contribution in [0.15, 0.2) is 66.3 Å². The van der Waals surface area contributed by atoms with Gasteiger partial charge in [-0.3, -0.25) is 4.79 Å². The summed E-state index contributed by atoms with van der Waals surface area (Å²) in [4.78, 5) is 27.4. The standard InChI is InChI=1S/C31H34FNO3/c1-29(2)25(21-9-11-22(12-10-21)27(34)35)13-17-30(3)20-33(18-14-26(29)30)28(36)31(15-4-5-16-31)23-7-6-8-24(32)19-23/h6-14,19H,4-5,15-18,20H2,1-3H3,(H,34,35)/t30-/m1/s1. The van der Waals surface area contributed by atoms with Crippen molar-refractivity contribution in [3.8, 4) is 0 Å². The third-order valence-electron chi connectivity index (χ3n) is 8.78. The molecular weight excluding hydrogens is 453 g/mol. The zero-order valence-electron chi connectivity index (χ0n) is 21.3. The van der Waals surface area contributed by atoms with E-state index in [1.807, 2.05) is 23.1 Å². The topological polar surface area (TPSA) is 57.6 Å². The number of carboxylic acid groups (broad SMARTS) is 1. The summed E-state index contributed by atoms with van der Waals surface area (Å²) in [5, 5.41) is 9.26. The highest BCUT2D eigenvalue weighted by Gasteiger charge is 2.50. The lowest BCUT2D eigenvalue weighted by atomic mass is 9.58. The number of hydrogen-bond acceptors (Lipinski definition) is 2. The van der Waals surface area contributed by atoms with Gasteiger partial charge in [-0.25, -0.2) is 9.18 Å². The highest BCUT2D eigenvalue weighted by atomic mass is 19.1. The Balaban J connectivity index is 1.44. The Morgan fingerprint density at radius 1 is 0.972 bits per heavy atom. The Morgan fingerprint density at radius 3 is 2.31 bits per heavy atom. The van der Waals surface area contributed by atoms with Crippen molar-refractivity contribution in [3.63, 3.8) is 0 Å². The van der Waals surface area contributed by atoms with E-state index in [0.717, 1.165) is 43.2 Å². The number of amides is 1. The molecule has 0 unspecified atom stereocenters. The Kier molecular flexibility index (Phi) is 5.93. The molecule has 0 spiro atoms. The fraction of sp³-hybridized carbons (Fsp3) is 0.419. The fourth-order valence-electron chi connectivity index (χ4n) is 7.05. The molecule has 1 N–H and O–H groups in total. The normalized spacial score (nSPS) is 24.5. The Hall–Kier alpha value is -3.21. The van der Waals surface area contributed by atoms with Gasteiger partial charge in [-0.2, -0.15) is 0 Å². The number of carbonyl (C=O) groups excluding carboxylic acids is 1. The number of benzene rings is 2. The second kappa shape index (κ2) is 8.72. The van der Waals surface area contributed by atoms with Crippen molar-refractivity contribution < 1.29 is 19.1 Å². The molecule has 2 aromatic carbocycles. The first kappa shape index (κ1) is 24.5. The molecular formula is C31H34FNO3. The summed E-state index contributed by atoms with van der Waals surface area (Å²) in [6.45, 7) is 7.87. The number of carboxylic acids is 1. The van der Waals surface area contributed by atoms with E-state index in [1.165, 1.54) is 17.2 Å². The van der Waals surface area contributed by atoms with Crippen molar-refractivity contribution in [2.24, 2.45) is 10.8 Å². The van der Waals surface area contributed by atoms with E-state index in [1.54, 1.807) is 24.3 Å². The molecule has 1 heterocycles. The highest BCUT2D eigenvalue weighted by molar-refractivity contribution is 5.90. The van der Waals surface area contributed by atoms with Gasteiger partial charge in [-0.05, 0) is 60.2 Å². The maximum absolute atomic E-state index is 14.1. The van der Waals surface area contributed by atoms with Crippen molar-refractivity contribution in [2.45, 2.75) is 58.3 Å². The number of halogens is 1. The lowest BCUT2D eigenvalue weighted by Crippen LogP contribution is -2.53. The van der Waals surface area contributed by atoms with E-state index in [4.69, 9.17) is 0 Å². The molecule has 0 aromatic heterocycles. The second-order valence-electron chi connectivity index (χ2n) is 11.5. The molecule has 5 rings (SSSR count). The van der Waals surface area contributed by atoms with Gasteiger partial charge in [0.05, 0.1) is 11.0 Å². The summed E-state index contributed by atoms with van der Waals surface area (Å²) in [5.74, 6) is -1.09. The van der Waals surface area contributed by atoms with E-state index in [0.29, 0.717) is 13.1 Å². The predicted molar refractivity (Wildman–Crippen MR) is 139 cm³/mol. The van der Waals surface area contributed by atoms with Crippen molar-refractivity contribution in [3.05, 3.63) is 88.8 Å². The molecule has 0 radical (unpaired) electrons. The third-order valence-corrected chi connectivity index (χ3v) is 8.78. The maximum atomic E-state index is 14.1. The van der Waals surface area contributed by atoms with Crippen LogP contribution in [-0.2, 0) is 10.2 Å². The summed E-state index contributed by atoms with van der Waals surface area (Å²) in [6.07, 6.45) is 8.78. The van der Waals surface area contributed by atoms with Crippen LogP contribution in [0.1, 0.15) is 74.4 Å². The summed E-state index contributed by atoms with van der Waals surface area (Å²) >= 11 is 0. The first-order valence-corrected chi connectivity index (χ1v) is 12.9. The molecule has 36 heavy (non-hydrogen) atoms. The van der Waals surface area contributed by atoms with Crippen molar-refractivity contribution in [1.29, 1.82) is 0 Å². The smallest absolute Gasteiger partial charge is 0.335 e. The van der Waals surface area contributed by atoms with Gasteiger partial charge >= 0.3 is 5.97 Å². The van der Waals surface area contributed by atoms with Crippen molar-refractivity contribution in [1.82, 2.24) is 4.90 Å². The molecule has 1 saturated carbocycles. The molecule has 1 amide bonds. The van der Waals surface area contributed by atoms with E-state index in [9.17, 15) is 19.1 Å². The average molecular weight is 488 g/mol. The van der Waals surface area contributed by atoms with Crippen LogP contribution in [0.4, 0.5) is 4.39 Å². The lowest BCUT2D eigenvalue weighted by molar-refractivity contribution is -0.138. The minimum atomic E-state index is -0.927. The maximum Gasteiger partial charge on any atom is 0.335 e. The zero-order valence-corrected chi connectivity index (χ0v) is 21.3. The Labute approximate surface area is 212 Å². The minimum absolute atomic E-state index is 0.124. The molecule has 1 fully saturated rings. The number of hydrogen-bond donors (Lipinski definition) is 1. The SMILES string of the molecule is CC1(C)C(c2ccc(C(=O)O)cc2)=CC[C@]2(C)CN(C(=O)C3(c4cccc(F)c4)CCCC3)CC=C12. The summed E-state index contributed by atoms with van der Waals surface area (Å²) < 4.78 is 14.1. The van der Waals surface area contributed by atoms with Gasteiger partial charge in [0.2, 0.25) is 5.91 Å². The minimum Gasteiger partial charge on any atom is -0.478 e. The fourth-order valence-corrected chi connectivity index (χ4v) is 7.05. The van der Waals surface area contributed by atoms with Crippen LogP contribution in [0.5, 0.6) is 0 Å². The highest BCUT2D eigenvalue weighted by Crippen LogP contribution is 2.56. The molecule has 188 valence electrons.